The van der Waals surface area contributed by atoms with E-state index in [2.05, 4.69) is 41.2 Å². The van der Waals surface area contributed by atoms with Crippen LogP contribution in [0.1, 0.15) is 19.8 Å². The van der Waals surface area contributed by atoms with Crippen molar-refractivity contribution in [3.63, 3.8) is 0 Å². The van der Waals surface area contributed by atoms with Crippen molar-refractivity contribution in [1.29, 1.82) is 0 Å². The zero-order valence-corrected chi connectivity index (χ0v) is 19.7. The van der Waals surface area contributed by atoms with Gasteiger partial charge in [0.1, 0.15) is 5.75 Å². The number of benzene rings is 1. The Morgan fingerprint density at radius 2 is 2.14 bits per heavy atom. The fourth-order valence-electron chi connectivity index (χ4n) is 3.98. The first-order valence-electron chi connectivity index (χ1n) is 10.2. The molecule has 2 unspecified atom stereocenters. The van der Waals surface area contributed by atoms with Crippen molar-refractivity contribution in [3.8, 4) is 5.75 Å². The van der Waals surface area contributed by atoms with Crippen LogP contribution >= 0.6 is 24.0 Å². The minimum atomic E-state index is 0. The van der Waals surface area contributed by atoms with Gasteiger partial charge in [-0.05, 0) is 37.8 Å². The number of aliphatic imine (C=N–C) groups is 1. The van der Waals surface area contributed by atoms with Crippen molar-refractivity contribution < 1.29 is 9.47 Å². The first-order valence-corrected chi connectivity index (χ1v) is 10.2. The summed E-state index contributed by atoms with van der Waals surface area (Å²) < 4.78 is 11.0. The highest BCUT2D eigenvalue weighted by Gasteiger charge is 2.25. The molecule has 28 heavy (non-hydrogen) atoms. The average molecular weight is 502 g/mol. The second-order valence-corrected chi connectivity index (χ2v) is 7.58. The lowest BCUT2D eigenvalue weighted by molar-refractivity contribution is 0.181. The molecule has 0 radical (unpaired) electrons. The monoisotopic (exact) mass is 502 g/mol. The van der Waals surface area contributed by atoms with Gasteiger partial charge in [0.2, 0.25) is 0 Å². The van der Waals surface area contributed by atoms with Gasteiger partial charge in [0.05, 0.1) is 19.4 Å². The Labute approximate surface area is 186 Å². The molecule has 2 aliphatic rings. The van der Waals surface area contributed by atoms with Crippen LogP contribution in [-0.2, 0) is 4.74 Å². The predicted octanol–water partition coefficient (Wildman–Crippen LogP) is 3.07. The molecule has 0 aliphatic carbocycles. The van der Waals surface area contributed by atoms with Gasteiger partial charge in [0.15, 0.2) is 5.96 Å². The summed E-state index contributed by atoms with van der Waals surface area (Å²) in [6.45, 7) is 8.75. The minimum absolute atomic E-state index is 0. The SMILES string of the molecule is CCNC(=NCC1CCN(c2ccccc2OC)C1)N(C)CC1CCOC1.I. The van der Waals surface area contributed by atoms with Crippen LogP contribution in [0.5, 0.6) is 5.75 Å². The highest BCUT2D eigenvalue weighted by molar-refractivity contribution is 14.0. The molecule has 0 aromatic heterocycles. The van der Waals surface area contributed by atoms with Crippen LogP contribution < -0.4 is 15.0 Å². The van der Waals surface area contributed by atoms with E-state index < -0.39 is 0 Å². The normalized spacial score (nSPS) is 22.1. The lowest BCUT2D eigenvalue weighted by atomic mass is 10.1. The van der Waals surface area contributed by atoms with Gasteiger partial charge in [0, 0.05) is 52.3 Å². The molecule has 0 spiro atoms. The van der Waals surface area contributed by atoms with Gasteiger partial charge in [-0.2, -0.15) is 0 Å². The first kappa shape index (κ1) is 23.1. The van der Waals surface area contributed by atoms with E-state index >= 15 is 0 Å². The summed E-state index contributed by atoms with van der Waals surface area (Å²) >= 11 is 0. The lowest BCUT2D eigenvalue weighted by Crippen LogP contribution is -2.41. The topological polar surface area (TPSA) is 49.3 Å². The summed E-state index contributed by atoms with van der Waals surface area (Å²) in [6.07, 6.45) is 2.32. The first-order chi connectivity index (χ1) is 13.2. The molecule has 0 bridgehead atoms. The average Bonchev–Trinajstić information content (AvgIpc) is 3.37. The number of rotatable bonds is 7. The molecular weight excluding hydrogens is 467 g/mol. The van der Waals surface area contributed by atoms with Crippen LogP contribution in [0, 0.1) is 11.8 Å². The predicted molar refractivity (Wildman–Crippen MR) is 126 cm³/mol. The largest absolute Gasteiger partial charge is 0.495 e. The molecule has 0 amide bonds. The Kier molecular flexibility index (Phi) is 9.64. The van der Waals surface area contributed by atoms with Gasteiger partial charge in [-0.3, -0.25) is 4.99 Å². The van der Waals surface area contributed by atoms with E-state index in [1.807, 2.05) is 12.1 Å². The molecule has 2 aliphatic heterocycles. The number of para-hydroxylation sites is 2. The number of anilines is 1. The third kappa shape index (κ3) is 6.14. The molecule has 6 nitrogen and oxygen atoms in total. The molecule has 2 atom stereocenters. The summed E-state index contributed by atoms with van der Waals surface area (Å²) in [5, 5.41) is 3.44. The van der Waals surface area contributed by atoms with E-state index in [1.165, 1.54) is 12.1 Å². The van der Waals surface area contributed by atoms with Crippen molar-refractivity contribution in [2.45, 2.75) is 19.8 Å². The molecule has 158 valence electrons. The van der Waals surface area contributed by atoms with E-state index in [4.69, 9.17) is 14.5 Å². The van der Waals surface area contributed by atoms with Crippen molar-refractivity contribution in [3.05, 3.63) is 24.3 Å². The van der Waals surface area contributed by atoms with Crippen LogP contribution in [0.15, 0.2) is 29.3 Å². The Hall–Kier alpha value is -1.22. The van der Waals surface area contributed by atoms with Gasteiger partial charge >= 0.3 is 0 Å². The van der Waals surface area contributed by atoms with Crippen LogP contribution in [0.4, 0.5) is 5.69 Å². The van der Waals surface area contributed by atoms with Gasteiger partial charge in [-0.25, -0.2) is 0 Å². The summed E-state index contributed by atoms with van der Waals surface area (Å²) in [6, 6.07) is 8.28. The Morgan fingerprint density at radius 3 is 2.86 bits per heavy atom. The molecule has 1 aromatic carbocycles. The van der Waals surface area contributed by atoms with Crippen molar-refractivity contribution in [2.24, 2.45) is 16.8 Å². The van der Waals surface area contributed by atoms with Gasteiger partial charge in [-0.15, -0.1) is 24.0 Å². The molecule has 1 aromatic rings. The molecule has 2 fully saturated rings. The molecule has 7 heteroatoms. The van der Waals surface area contributed by atoms with Crippen LogP contribution in [0.2, 0.25) is 0 Å². The number of hydrogen-bond acceptors (Lipinski definition) is 4. The van der Waals surface area contributed by atoms with E-state index in [0.717, 1.165) is 64.1 Å². The highest BCUT2D eigenvalue weighted by Crippen LogP contribution is 2.32. The lowest BCUT2D eigenvalue weighted by Gasteiger charge is -2.25. The second-order valence-electron chi connectivity index (χ2n) is 7.58. The van der Waals surface area contributed by atoms with E-state index in [1.54, 1.807) is 7.11 Å². The fourth-order valence-corrected chi connectivity index (χ4v) is 3.98. The smallest absolute Gasteiger partial charge is 0.193 e. The van der Waals surface area contributed by atoms with E-state index in [9.17, 15) is 0 Å². The number of hydrogen-bond donors (Lipinski definition) is 1. The Balaban J connectivity index is 0.00000280. The van der Waals surface area contributed by atoms with E-state index in [-0.39, 0.29) is 24.0 Å². The molecular formula is C21H35IN4O2. The maximum Gasteiger partial charge on any atom is 0.193 e. The Bertz CT molecular complexity index is 622. The maximum absolute atomic E-state index is 5.52. The molecule has 0 saturated carbocycles. The fraction of sp³-hybridized carbons (Fsp3) is 0.667. The summed E-state index contributed by atoms with van der Waals surface area (Å²) in [7, 11) is 3.88. The second kappa shape index (κ2) is 11.7. The summed E-state index contributed by atoms with van der Waals surface area (Å²) in [5.74, 6) is 3.16. The number of nitrogens with one attached hydrogen (secondary N) is 1. The minimum Gasteiger partial charge on any atom is -0.495 e. The quantitative estimate of drug-likeness (QED) is 0.353. The molecule has 3 rings (SSSR count). The third-order valence-corrected chi connectivity index (χ3v) is 5.46. The molecule has 2 saturated heterocycles. The van der Waals surface area contributed by atoms with Gasteiger partial charge < -0.3 is 24.6 Å². The maximum atomic E-state index is 5.52. The third-order valence-electron chi connectivity index (χ3n) is 5.46. The van der Waals surface area contributed by atoms with Crippen molar-refractivity contribution >= 4 is 35.6 Å². The summed E-state index contributed by atoms with van der Waals surface area (Å²) in [5.41, 5.74) is 1.19. The summed E-state index contributed by atoms with van der Waals surface area (Å²) in [4.78, 5) is 9.62. The highest BCUT2D eigenvalue weighted by atomic mass is 127. The zero-order valence-electron chi connectivity index (χ0n) is 17.4. The number of ether oxygens (including phenoxy) is 2. The number of guanidine groups is 1. The van der Waals surface area contributed by atoms with Crippen molar-refractivity contribution in [1.82, 2.24) is 10.2 Å². The standard InChI is InChI=1S/C21H34N4O2.HI/c1-4-22-21(24(2)14-18-10-12-27-16-18)23-13-17-9-11-25(15-17)19-7-5-6-8-20(19)26-3;/h5-8,17-18H,4,9-16H2,1-3H3,(H,22,23);1H. The van der Waals surface area contributed by atoms with Gasteiger partial charge in [0.25, 0.3) is 0 Å². The Morgan fingerprint density at radius 1 is 1.32 bits per heavy atom. The van der Waals surface area contributed by atoms with Gasteiger partial charge in [-0.1, -0.05) is 12.1 Å². The zero-order chi connectivity index (χ0) is 19.1. The molecule has 1 N–H and O–H groups in total. The van der Waals surface area contributed by atoms with Crippen molar-refractivity contribution in [2.75, 3.05) is 65.0 Å². The molecule has 2 heterocycles. The van der Waals surface area contributed by atoms with Crippen LogP contribution in [-0.4, -0.2) is 71.0 Å². The number of halogens is 1. The van der Waals surface area contributed by atoms with E-state index in [0.29, 0.717) is 11.8 Å². The number of nitrogens with zero attached hydrogens (tertiary/aromatic N) is 3. The van der Waals surface area contributed by atoms with Crippen LogP contribution in [0.25, 0.3) is 0 Å². The van der Waals surface area contributed by atoms with Crippen LogP contribution in [0.3, 0.4) is 0 Å². The number of methoxy groups -OCH3 is 1.